The van der Waals surface area contributed by atoms with E-state index in [9.17, 15) is 4.79 Å². The van der Waals surface area contributed by atoms with Gasteiger partial charge in [-0.3, -0.25) is 9.78 Å². The van der Waals surface area contributed by atoms with Crippen molar-refractivity contribution in [3.8, 4) is 0 Å². The number of aromatic nitrogens is 1. The smallest absolute Gasteiger partial charge is 0.223 e. The van der Waals surface area contributed by atoms with E-state index in [2.05, 4.69) is 20.9 Å². The monoisotopic (exact) mass is 323 g/mol. The number of halogens is 1. The quantitative estimate of drug-likeness (QED) is 0.909. The molecule has 0 spiro atoms. The molecule has 0 bridgehead atoms. The average molecular weight is 324 g/mol. The molecule has 2 heterocycles. The van der Waals surface area contributed by atoms with E-state index in [-0.39, 0.29) is 18.0 Å². The summed E-state index contributed by atoms with van der Waals surface area (Å²) in [6.07, 6.45) is 6.38. The Morgan fingerprint density at radius 3 is 2.74 bits per heavy atom. The first-order chi connectivity index (χ1) is 9.16. The number of nitrogens with zero attached hydrogens (tertiary/aromatic N) is 2. The first kappa shape index (κ1) is 13.1. The fourth-order valence-corrected chi connectivity index (χ4v) is 3.08. The maximum Gasteiger partial charge on any atom is 0.223 e. The maximum atomic E-state index is 12.3. The highest BCUT2D eigenvalue weighted by atomic mass is 79.9. The molecule has 3 rings (SSSR count). The average Bonchev–Trinajstić information content (AvgIpc) is 3.20. The minimum atomic E-state index is -0.0596. The molecular formula is C14H18BrN3O. The van der Waals surface area contributed by atoms with Crippen LogP contribution in [-0.2, 0) is 4.79 Å². The molecule has 102 valence electrons. The Morgan fingerprint density at radius 2 is 2.11 bits per heavy atom. The molecule has 19 heavy (non-hydrogen) atoms. The van der Waals surface area contributed by atoms with E-state index < -0.39 is 0 Å². The van der Waals surface area contributed by atoms with Crippen molar-refractivity contribution < 1.29 is 4.79 Å². The molecule has 1 saturated heterocycles. The van der Waals surface area contributed by atoms with Crippen molar-refractivity contribution in [2.24, 2.45) is 5.73 Å². The summed E-state index contributed by atoms with van der Waals surface area (Å²) < 4.78 is 0.947. The topological polar surface area (TPSA) is 59.2 Å². The Balaban J connectivity index is 1.96. The number of hydrogen-bond donors (Lipinski definition) is 1. The van der Waals surface area contributed by atoms with Crippen molar-refractivity contribution in [1.82, 2.24) is 9.88 Å². The van der Waals surface area contributed by atoms with Gasteiger partial charge in [-0.2, -0.15) is 0 Å². The van der Waals surface area contributed by atoms with Crippen LogP contribution < -0.4 is 5.73 Å². The highest BCUT2D eigenvalue weighted by molar-refractivity contribution is 9.10. The Hall–Kier alpha value is -0.940. The SMILES string of the molecule is NC1CCCC(=O)N(C2CC2)C1c1ccc(Br)cn1. The third kappa shape index (κ3) is 2.67. The second kappa shape index (κ2) is 5.21. The molecule has 1 aromatic heterocycles. The van der Waals surface area contributed by atoms with Crippen LogP contribution in [0.3, 0.4) is 0 Å². The molecule has 2 unspecified atom stereocenters. The van der Waals surface area contributed by atoms with Gasteiger partial charge in [-0.25, -0.2) is 0 Å². The molecule has 0 aromatic carbocycles. The Labute approximate surface area is 121 Å². The van der Waals surface area contributed by atoms with Crippen LogP contribution in [0.15, 0.2) is 22.8 Å². The molecule has 1 amide bonds. The van der Waals surface area contributed by atoms with Gasteiger partial charge in [-0.05, 0) is 53.7 Å². The molecular weight excluding hydrogens is 306 g/mol. The molecule has 2 atom stereocenters. The van der Waals surface area contributed by atoms with E-state index in [0.717, 1.165) is 35.8 Å². The second-order valence-electron chi connectivity index (χ2n) is 5.43. The van der Waals surface area contributed by atoms with Gasteiger partial charge in [0.25, 0.3) is 0 Å². The van der Waals surface area contributed by atoms with Crippen molar-refractivity contribution in [2.75, 3.05) is 0 Å². The third-order valence-electron chi connectivity index (χ3n) is 3.91. The normalized spacial score (nSPS) is 28.3. The van der Waals surface area contributed by atoms with Gasteiger partial charge in [0.2, 0.25) is 5.91 Å². The molecule has 1 aromatic rings. The Kier molecular flexibility index (Phi) is 3.58. The number of hydrogen-bond acceptors (Lipinski definition) is 3. The summed E-state index contributed by atoms with van der Waals surface area (Å²) in [6.45, 7) is 0. The molecule has 2 fully saturated rings. The molecule has 2 N–H and O–H groups in total. The Morgan fingerprint density at radius 1 is 1.32 bits per heavy atom. The molecule has 2 aliphatic rings. The van der Waals surface area contributed by atoms with Crippen LogP contribution in [0.2, 0.25) is 0 Å². The van der Waals surface area contributed by atoms with Gasteiger partial charge in [0.1, 0.15) is 0 Å². The predicted molar refractivity (Wildman–Crippen MR) is 76.4 cm³/mol. The lowest BCUT2D eigenvalue weighted by Gasteiger charge is -2.33. The van der Waals surface area contributed by atoms with Gasteiger partial charge in [-0.15, -0.1) is 0 Å². The van der Waals surface area contributed by atoms with Crippen LogP contribution in [0.5, 0.6) is 0 Å². The second-order valence-corrected chi connectivity index (χ2v) is 6.35. The number of carbonyl (C=O) groups is 1. The van der Waals surface area contributed by atoms with E-state index in [4.69, 9.17) is 5.73 Å². The van der Waals surface area contributed by atoms with E-state index in [1.54, 1.807) is 6.20 Å². The van der Waals surface area contributed by atoms with Crippen LogP contribution in [-0.4, -0.2) is 27.9 Å². The number of nitrogens with two attached hydrogens (primary N) is 1. The predicted octanol–water partition coefficient (Wildman–Crippen LogP) is 2.39. The minimum Gasteiger partial charge on any atom is -0.330 e. The highest BCUT2D eigenvalue weighted by Gasteiger charge is 2.42. The first-order valence-electron chi connectivity index (χ1n) is 6.85. The molecule has 4 nitrogen and oxygen atoms in total. The lowest BCUT2D eigenvalue weighted by molar-refractivity contribution is -0.134. The van der Waals surface area contributed by atoms with Crippen LogP contribution in [0.1, 0.15) is 43.8 Å². The van der Waals surface area contributed by atoms with Crippen LogP contribution in [0, 0.1) is 0 Å². The van der Waals surface area contributed by atoms with E-state index in [1.165, 1.54) is 0 Å². The fourth-order valence-electron chi connectivity index (χ4n) is 2.84. The number of amides is 1. The van der Waals surface area contributed by atoms with Crippen molar-refractivity contribution in [3.63, 3.8) is 0 Å². The van der Waals surface area contributed by atoms with Crippen LogP contribution in [0.25, 0.3) is 0 Å². The lowest BCUT2D eigenvalue weighted by atomic mass is 10.0. The molecule has 1 aliphatic carbocycles. The standard InChI is InChI=1S/C14H18BrN3O/c15-9-4-7-12(17-8-9)14-11(16)2-1-3-13(19)18(14)10-5-6-10/h4,7-8,10-11,14H,1-3,5-6,16H2. The van der Waals surface area contributed by atoms with E-state index >= 15 is 0 Å². The zero-order chi connectivity index (χ0) is 13.4. The summed E-state index contributed by atoms with van der Waals surface area (Å²) in [6, 6.07) is 4.25. The van der Waals surface area contributed by atoms with E-state index in [0.29, 0.717) is 12.5 Å². The van der Waals surface area contributed by atoms with Crippen LogP contribution >= 0.6 is 15.9 Å². The summed E-state index contributed by atoms with van der Waals surface area (Å²) in [5, 5.41) is 0. The molecule has 1 aliphatic heterocycles. The zero-order valence-electron chi connectivity index (χ0n) is 10.8. The van der Waals surface area contributed by atoms with E-state index in [1.807, 2.05) is 17.0 Å². The zero-order valence-corrected chi connectivity index (χ0v) is 12.3. The molecule has 5 heteroatoms. The first-order valence-corrected chi connectivity index (χ1v) is 7.64. The summed E-state index contributed by atoms with van der Waals surface area (Å²) in [5.74, 6) is 0.241. The van der Waals surface area contributed by atoms with Crippen molar-refractivity contribution >= 4 is 21.8 Å². The van der Waals surface area contributed by atoms with Gasteiger partial charge < -0.3 is 10.6 Å². The summed E-state index contributed by atoms with van der Waals surface area (Å²) in [4.78, 5) is 18.8. The van der Waals surface area contributed by atoms with Gasteiger partial charge in [0.15, 0.2) is 0 Å². The van der Waals surface area contributed by atoms with Gasteiger partial charge in [0.05, 0.1) is 11.7 Å². The van der Waals surface area contributed by atoms with Crippen molar-refractivity contribution in [1.29, 1.82) is 0 Å². The highest BCUT2D eigenvalue weighted by Crippen LogP contribution is 2.38. The van der Waals surface area contributed by atoms with Gasteiger partial charge in [0, 0.05) is 29.2 Å². The lowest BCUT2D eigenvalue weighted by Crippen LogP contribution is -2.43. The largest absolute Gasteiger partial charge is 0.330 e. The van der Waals surface area contributed by atoms with Crippen molar-refractivity contribution in [2.45, 2.75) is 50.2 Å². The Bertz CT molecular complexity index is 472. The number of rotatable bonds is 2. The number of likely N-dealkylation sites (tertiary alicyclic amines) is 1. The van der Waals surface area contributed by atoms with Gasteiger partial charge in [-0.1, -0.05) is 0 Å². The number of carbonyl (C=O) groups excluding carboxylic acids is 1. The van der Waals surface area contributed by atoms with Crippen molar-refractivity contribution in [3.05, 3.63) is 28.5 Å². The van der Waals surface area contributed by atoms with Crippen LogP contribution in [0.4, 0.5) is 0 Å². The maximum absolute atomic E-state index is 12.3. The van der Waals surface area contributed by atoms with Gasteiger partial charge >= 0.3 is 0 Å². The summed E-state index contributed by atoms with van der Waals surface area (Å²) in [5.41, 5.74) is 7.24. The fraction of sp³-hybridized carbons (Fsp3) is 0.571. The molecule has 0 radical (unpaired) electrons. The minimum absolute atomic E-state index is 0.0132. The summed E-state index contributed by atoms with van der Waals surface area (Å²) >= 11 is 3.39. The third-order valence-corrected chi connectivity index (χ3v) is 4.38. The summed E-state index contributed by atoms with van der Waals surface area (Å²) in [7, 11) is 0. The number of pyridine rings is 1. The molecule has 1 saturated carbocycles.